The van der Waals surface area contributed by atoms with Gasteiger partial charge >= 0.3 is 5.97 Å². The minimum Gasteiger partial charge on any atom is -0.456 e. The molecule has 0 spiro atoms. The van der Waals surface area contributed by atoms with Gasteiger partial charge in [-0.15, -0.1) is 0 Å². The lowest BCUT2D eigenvalue weighted by molar-refractivity contribution is -0.541. The molecule has 5 atom stereocenters. The Bertz CT molecular complexity index is 812. The summed E-state index contributed by atoms with van der Waals surface area (Å²) in [6.07, 6.45) is -2.29. The highest BCUT2D eigenvalue weighted by molar-refractivity contribution is 5.78. The Balaban J connectivity index is 1.49. The fourth-order valence-electron chi connectivity index (χ4n) is 3.78. The summed E-state index contributed by atoms with van der Waals surface area (Å²) >= 11 is 0. The first kappa shape index (κ1) is 17.6. The van der Waals surface area contributed by atoms with Gasteiger partial charge in [-0.3, -0.25) is 14.9 Å². The van der Waals surface area contributed by atoms with E-state index in [1.165, 1.54) is 0 Å². The average molecular weight is 369 g/mol. The third kappa shape index (κ3) is 3.43. The van der Waals surface area contributed by atoms with Gasteiger partial charge in [0.15, 0.2) is 18.1 Å². The second kappa shape index (κ2) is 7.46. The highest BCUT2D eigenvalue weighted by atomic mass is 16.7. The molecule has 2 aromatic rings. The summed E-state index contributed by atoms with van der Waals surface area (Å²) in [5.74, 6) is -1.53. The van der Waals surface area contributed by atoms with E-state index < -0.39 is 41.2 Å². The maximum atomic E-state index is 12.1. The van der Waals surface area contributed by atoms with E-state index in [0.29, 0.717) is 0 Å². The molecule has 2 aliphatic rings. The van der Waals surface area contributed by atoms with Gasteiger partial charge in [0, 0.05) is 4.92 Å². The van der Waals surface area contributed by atoms with Crippen molar-refractivity contribution in [1.29, 1.82) is 0 Å². The van der Waals surface area contributed by atoms with Crippen LogP contribution >= 0.6 is 0 Å². The number of carbonyl (C=O) groups is 1. The van der Waals surface area contributed by atoms with Crippen LogP contribution in [-0.2, 0) is 32.2 Å². The Hall–Kier alpha value is -2.77. The molecule has 1 aliphatic heterocycles. The number of benzene rings is 2. The molecule has 4 rings (SSSR count). The second-order valence-electron chi connectivity index (χ2n) is 6.73. The van der Waals surface area contributed by atoms with Crippen molar-refractivity contribution in [2.45, 2.75) is 37.6 Å². The molecule has 0 N–H and O–H groups in total. The topological polar surface area (TPSA) is 87.9 Å². The van der Waals surface area contributed by atoms with Gasteiger partial charge < -0.3 is 14.2 Å². The van der Waals surface area contributed by atoms with Crippen molar-refractivity contribution in [3.8, 4) is 0 Å². The van der Waals surface area contributed by atoms with Crippen LogP contribution in [0.2, 0.25) is 0 Å². The Labute approximate surface area is 156 Å². The van der Waals surface area contributed by atoms with Crippen molar-refractivity contribution in [3.63, 3.8) is 0 Å². The summed E-state index contributed by atoms with van der Waals surface area (Å²) < 4.78 is 17.1. The van der Waals surface area contributed by atoms with Gasteiger partial charge in [-0.1, -0.05) is 60.7 Å². The summed E-state index contributed by atoms with van der Waals surface area (Å²) in [4.78, 5) is 23.3. The Morgan fingerprint density at radius 2 is 1.41 bits per heavy atom. The van der Waals surface area contributed by atoms with Crippen molar-refractivity contribution in [1.82, 2.24) is 0 Å². The molecular formula is C20H19NO6. The molecule has 140 valence electrons. The van der Waals surface area contributed by atoms with E-state index in [4.69, 9.17) is 14.2 Å². The highest BCUT2D eigenvalue weighted by Gasteiger charge is 2.69. The Morgan fingerprint density at radius 1 is 0.889 bits per heavy atom. The first-order valence-electron chi connectivity index (χ1n) is 8.80. The summed E-state index contributed by atoms with van der Waals surface area (Å²) in [5.41, 5.74) is 1.83. The van der Waals surface area contributed by atoms with Crippen molar-refractivity contribution < 1.29 is 23.9 Å². The number of fused-ring (bicyclic) bond motifs is 2. The lowest BCUT2D eigenvalue weighted by Crippen LogP contribution is -2.46. The van der Waals surface area contributed by atoms with Gasteiger partial charge in [0.1, 0.15) is 6.10 Å². The molecule has 0 aromatic heterocycles. The quantitative estimate of drug-likeness (QED) is 0.423. The SMILES string of the molecule is O=C1O[C@H]2[C@H](OCc3ccccc3)[C@@H]1[C@H]([N+](=O)[O-])[C@H]2OCc1ccccc1. The van der Waals surface area contributed by atoms with E-state index in [1.807, 2.05) is 60.7 Å². The fourth-order valence-corrected chi connectivity index (χ4v) is 3.78. The van der Waals surface area contributed by atoms with E-state index in [0.717, 1.165) is 11.1 Å². The molecule has 2 aromatic carbocycles. The first-order valence-corrected chi connectivity index (χ1v) is 8.80. The van der Waals surface area contributed by atoms with Crippen molar-refractivity contribution in [2.24, 2.45) is 5.92 Å². The number of carbonyl (C=O) groups excluding carboxylic acids is 1. The lowest BCUT2D eigenvalue weighted by atomic mass is 10.0. The third-order valence-electron chi connectivity index (χ3n) is 5.04. The zero-order valence-corrected chi connectivity index (χ0v) is 14.5. The molecule has 1 saturated heterocycles. The van der Waals surface area contributed by atoms with Gasteiger partial charge in [-0.2, -0.15) is 0 Å². The van der Waals surface area contributed by atoms with E-state index in [1.54, 1.807) is 0 Å². The van der Waals surface area contributed by atoms with Crippen molar-refractivity contribution in [2.75, 3.05) is 0 Å². The molecular weight excluding hydrogens is 350 g/mol. The molecule has 1 heterocycles. The first-order chi connectivity index (χ1) is 13.1. The molecule has 2 fully saturated rings. The molecule has 27 heavy (non-hydrogen) atoms. The molecule has 0 unspecified atom stereocenters. The normalized spacial score (nSPS) is 28.9. The molecule has 1 saturated carbocycles. The van der Waals surface area contributed by atoms with E-state index in [9.17, 15) is 14.9 Å². The van der Waals surface area contributed by atoms with Crippen LogP contribution in [-0.4, -0.2) is 35.2 Å². The molecule has 0 radical (unpaired) electrons. The van der Waals surface area contributed by atoms with Gasteiger partial charge in [0.05, 0.1) is 13.2 Å². The van der Waals surface area contributed by atoms with Crippen LogP contribution in [0.25, 0.3) is 0 Å². The molecule has 2 bridgehead atoms. The smallest absolute Gasteiger partial charge is 0.319 e. The number of ether oxygens (including phenoxy) is 3. The van der Waals surface area contributed by atoms with E-state index >= 15 is 0 Å². The lowest BCUT2D eigenvalue weighted by Gasteiger charge is -2.24. The van der Waals surface area contributed by atoms with Crippen LogP contribution in [0.1, 0.15) is 11.1 Å². The van der Waals surface area contributed by atoms with Gasteiger partial charge in [-0.25, -0.2) is 0 Å². The predicted molar refractivity (Wildman–Crippen MR) is 94.2 cm³/mol. The van der Waals surface area contributed by atoms with Crippen molar-refractivity contribution >= 4 is 5.97 Å². The van der Waals surface area contributed by atoms with Crippen LogP contribution < -0.4 is 0 Å². The van der Waals surface area contributed by atoms with E-state index in [-0.39, 0.29) is 13.2 Å². The predicted octanol–water partition coefficient (Wildman–Crippen LogP) is 2.36. The number of hydrogen-bond acceptors (Lipinski definition) is 6. The number of esters is 1. The Kier molecular flexibility index (Phi) is 4.87. The summed E-state index contributed by atoms with van der Waals surface area (Å²) in [7, 11) is 0. The third-order valence-corrected chi connectivity index (χ3v) is 5.04. The van der Waals surface area contributed by atoms with Crippen molar-refractivity contribution in [3.05, 3.63) is 81.9 Å². The molecule has 0 amide bonds. The minimum absolute atomic E-state index is 0.210. The number of nitro groups is 1. The number of nitrogens with zero attached hydrogens (tertiary/aromatic N) is 1. The summed E-state index contributed by atoms with van der Waals surface area (Å²) in [6.45, 7) is 0.465. The zero-order valence-electron chi connectivity index (χ0n) is 14.5. The standard InChI is InChI=1S/C20H19NO6/c22-20-15-16(21(23)24)18(26-12-14-9-5-2-6-10-14)19(27-20)17(15)25-11-13-7-3-1-4-8-13/h1-10,15-19H,11-12H2/t15-,16-,17+,18+,19-/m0/s1. The zero-order chi connectivity index (χ0) is 18.8. The average Bonchev–Trinajstić information content (AvgIpc) is 3.16. The number of hydrogen-bond donors (Lipinski definition) is 0. The Morgan fingerprint density at radius 3 is 1.93 bits per heavy atom. The largest absolute Gasteiger partial charge is 0.456 e. The maximum Gasteiger partial charge on any atom is 0.319 e. The molecule has 1 aliphatic carbocycles. The van der Waals surface area contributed by atoms with E-state index in [2.05, 4.69) is 0 Å². The molecule has 7 heteroatoms. The minimum atomic E-state index is -1.17. The van der Waals surface area contributed by atoms with Gasteiger partial charge in [-0.05, 0) is 11.1 Å². The second-order valence-corrected chi connectivity index (χ2v) is 6.73. The summed E-state index contributed by atoms with van der Waals surface area (Å²) in [5, 5.41) is 11.6. The fraction of sp³-hybridized carbons (Fsp3) is 0.350. The van der Waals surface area contributed by atoms with Crippen LogP contribution in [0.3, 0.4) is 0 Å². The highest BCUT2D eigenvalue weighted by Crippen LogP contribution is 2.42. The monoisotopic (exact) mass is 369 g/mol. The van der Waals surface area contributed by atoms with Crippen LogP contribution in [0.15, 0.2) is 60.7 Å². The molecule has 7 nitrogen and oxygen atoms in total. The van der Waals surface area contributed by atoms with Crippen LogP contribution in [0, 0.1) is 16.0 Å². The van der Waals surface area contributed by atoms with Gasteiger partial charge in [0.2, 0.25) is 0 Å². The van der Waals surface area contributed by atoms with Crippen LogP contribution in [0.4, 0.5) is 0 Å². The van der Waals surface area contributed by atoms with Crippen LogP contribution in [0.5, 0.6) is 0 Å². The summed E-state index contributed by atoms with van der Waals surface area (Å²) in [6, 6.07) is 17.7. The van der Waals surface area contributed by atoms with Gasteiger partial charge in [0.25, 0.3) is 6.04 Å². The number of rotatable bonds is 7. The maximum absolute atomic E-state index is 12.1.